The van der Waals surface area contributed by atoms with Crippen molar-refractivity contribution in [3.8, 4) is 0 Å². The van der Waals surface area contributed by atoms with Crippen LogP contribution in [0.4, 0.5) is 0 Å². The number of aliphatic hydroxyl groups excluding tert-OH is 2. The van der Waals surface area contributed by atoms with Crippen LogP contribution in [-0.4, -0.2) is 22.4 Å². The Balaban J connectivity index is 2.04. The van der Waals surface area contributed by atoms with Crippen molar-refractivity contribution in [2.75, 3.05) is 0 Å². The highest BCUT2D eigenvalue weighted by atomic mass is 16.3. The van der Waals surface area contributed by atoms with Gasteiger partial charge in [-0.2, -0.15) is 0 Å². The molecule has 0 saturated carbocycles. The molecule has 144 valence electrons. The lowest BCUT2D eigenvalue weighted by atomic mass is 9.93. The monoisotopic (exact) mass is 350 g/mol. The first-order valence-corrected chi connectivity index (χ1v) is 10.4. The van der Waals surface area contributed by atoms with Gasteiger partial charge in [-0.15, -0.1) is 0 Å². The van der Waals surface area contributed by atoms with Gasteiger partial charge in [0.15, 0.2) is 18.9 Å². The molecule has 1 aromatic rings. The molecule has 0 aliphatic rings. The van der Waals surface area contributed by atoms with Crippen LogP contribution in [0, 0.1) is 5.92 Å². The first kappa shape index (κ1) is 22.1. The van der Waals surface area contributed by atoms with Gasteiger partial charge in [0, 0.05) is 18.6 Å². The molecule has 0 aliphatic carbocycles. The van der Waals surface area contributed by atoms with Gasteiger partial charge in [-0.25, -0.2) is 4.57 Å². The largest absolute Gasteiger partial charge is 0.393 e. The molecule has 1 rings (SSSR count). The van der Waals surface area contributed by atoms with E-state index in [4.69, 9.17) is 0 Å². The zero-order chi connectivity index (χ0) is 18.3. The lowest BCUT2D eigenvalue weighted by Crippen LogP contribution is -2.40. The molecule has 3 unspecified atom stereocenters. The van der Waals surface area contributed by atoms with E-state index in [1.54, 1.807) is 0 Å². The summed E-state index contributed by atoms with van der Waals surface area (Å²) in [6.07, 6.45) is 16.5. The smallest absolute Gasteiger partial charge is 0.174 e. The second kappa shape index (κ2) is 14.3. The normalized spacial score (nSPS) is 15.0. The van der Waals surface area contributed by atoms with Crippen LogP contribution in [0.2, 0.25) is 0 Å². The molecule has 1 aromatic heterocycles. The van der Waals surface area contributed by atoms with E-state index < -0.39 is 12.2 Å². The highest BCUT2D eigenvalue weighted by molar-refractivity contribution is 4.83. The number of pyridine rings is 1. The van der Waals surface area contributed by atoms with Gasteiger partial charge in [0.1, 0.15) is 6.10 Å². The summed E-state index contributed by atoms with van der Waals surface area (Å²) in [7, 11) is 0. The number of rotatable bonds is 15. The molecule has 0 fully saturated rings. The molecule has 3 heteroatoms. The lowest BCUT2D eigenvalue weighted by Gasteiger charge is -2.20. The molecule has 3 nitrogen and oxygen atoms in total. The van der Waals surface area contributed by atoms with Gasteiger partial charge < -0.3 is 10.2 Å². The molecule has 2 N–H and O–H groups in total. The van der Waals surface area contributed by atoms with Crippen molar-refractivity contribution in [2.24, 2.45) is 5.92 Å². The maximum Gasteiger partial charge on any atom is 0.174 e. The summed E-state index contributed by atoms with van der Waals surface area (Å²) in [6, 6.07) is 5.87. The second-order valence-corrected chi connectivity index (χ2v) is 7.62. The number of nitrogens with zero attached hydrogens (tertiary/aromatic N) is 1. The van der Waals surface area contributed by atoms with Gasteiger partial charge in [0.2, 0.25) is 0 Å². The lowest BCUT2D eigenvalue weighted by molar-refractivity contribution is -0.703. The topological polar surface area (TPSA) is 44.3 Å². The Morgan fingerprint density at radius 2 is 1.36 bits per heavy atom. The molecule has 0 aliphatic heterocycles. The quantitative estimate of drug-likeness (QED) is 0.357. The molecule has 0 bridgehead atoms. The van der Waals surface area contributed by atoms with E-state index >= 15 is 0 Å². The molecule has 0 aromatic carbocycles. The van der Waals surface area contributed by atoms with E-state index in [1.807, 2.05) is 35.2 Å². The van der Waals surface area contributed by atoms with E-state index in [0.717, 1.165) is 6.42 Å². The van der Waals surface area contributed by atoms with Crippen molar-refractivity contribution in [1.29, 1.82) is 0 Å². The van der Waals surface area contributed by atoms with Crippen LogP contribution in [0.15, 0.2) is 30.6 Å². The van der Waals surface area contributed by atoms with Crippen molar-refractivity contribution < 1.29 is 14.8 Å². The Bertz CT molecular complexity index is 410. The summed E-state index contributed by atoms with van der Waals surface area (Å²) in [5.41, 5.74) is 0. The Morgan fingerprint density at radius 3 is 1.96 bits per heavy atom. The Kier molecular flexibility index (Phi) is 12.6. The number of unbranched alkanes of at least 4 members (excludes halogenated alkanes) is 8. The predicted molar refractivity (Wildman–Crippen MR) is 104 cm³/mol. The van der Waals surface area contributed by atoms with E-state index in [0.29, 0.717) is 13.0 Å². The van der Waals surface area contributed by atoms with Gasteiger partial charge in [0.05, 0.1) is 6.10 Å². The molecule has 1 heterocycles. The maximum absolute atomic E-state index is 10.3. The highest BCUT2D eigenvalue weighted by Gasteiger charge is 2.20. The summed E-state index contributed by atoms with van der Waals surface area (Å²) in [4.78, 5) is 0. The average molecular weight is 351 g/mol. The molecular formula is C22H40NO2+. The Hall–Kier alpha value is -0.930. The summed E-state index contributed by atoms with van der Waals surface area (Å²) < 4.78 is 1.96. The molecule has 0 radical (unpaired) electrons. The van der Waals surface area contributed by atoms with E-state index in [-0.39, 0.29) is 5.92 Å². The zero-order valence-corrected chi connectivity index (χ0v) is 16.4. The minimum atomic E-state index is -0.493. The van der Waals surface area contributed by atoms with Crippen LogP contribution >= 0.6 is 0 Å². The van der Waals surface area contributed by atoms with Crippen molar-refractivity contribution in [3.05, 3.63) is 30.6 Å². The Morgan fingerprint density at radius 1 is 0.800 bits per heavy atom. The molecular weight excluding hydrogens is 310 g/mol. The van der Waals surface area contributed by atoms with Gasteiger partial charge >= 0.3 is 0 Å². The van der Waals surface area contributed by atoms with E-state index in [9.17, 15) is 10.2 Å². The summed E-state index contributed by atoms with van der Waals surface area (Å²) in [5, 5.41) is 20.5. The predicted octanol–water partition coefficient (Wildman–Crippen LogP) is 4.64. The second-order valence-electron chi connectivity index (χ2n) is 7.62. The number of aliphatic hydroxyl groups is 2. The third-order valence-electron chi connectivity index (χ3n) is 5.13. The van der Waals surface area contributed by atoms with Gasteiger partial charge in [-0.3, -0.25) is 0 Å². The average Bonchev–Trinajstić information content (AvgIpc) is 2.60. The van der Waals surface area contributed by atoms with Crippen LogP contribution in [-0.2, 0) is 6.54 Å². The fraction of sp³-hybridized carbons (Fsp3) is 0.773. The van der Waals surface area contributed by atoms with Gasteiger partial charge in [-0.1, -0.05) is 77.7 Å². The van der Waals surface area contributed by atoms with Crippen LogP contribution in [0.5, 0.6) is 0 Å². The number of hydrogen-bond acceptors (Lipinski definition) is 2. The number of aromatic nitrogens is 1. The SMILES string of the molecule is CCCCCCCCCCCC(C)C(O)CC(O)C[n+]1ccccc1. The zero-order valence-electron chi connectivity index (χ0n) is 16.4. The van der Waals surface area contributed by atoms with Gasteiger partial charge in [-0.05, 0) is 12.3 Å². The van der Waals surface area contributed by atoms with Crippen LogP contribution in [0.3, 0.4) is 0 Å². The third-order valence-corrected chi connectivity index (χ3v) is 5.13. The molecule has 0 amide bonds. The van der Waals surface area contributed by atoms with Crippen molar-refractivity contribution in [1.82, 2.24) is 0 Å². The van der Waals surface area contributed by atoms with Crippen molar-refractivity contribution in [2.45, 2.75) is 103 Å². The maximum atomic E-state index is 10.3. The van der Waals surface area contributed by atoms with Crippen LogP contribution < -0.4 is 4.57 Å². The van der Waals surface area contributed by atoms with E-state index in [1.165, 1.54) is 57.8 Å². The summed E-state index contributed by atoms with van der Waals surface area (Å²) in [5.74, 6) is 0.264. The first-order valence-electron chi connectivity index (χ1n) is 10.4. The molecule has 0 spiro atoms. The summed E-state index contributed by atoms with van der Waals surface area (Å²) >= 11 is 0. The molecule has 0 saturated heterocycles. The fourth-order valence-electron chi connectivity index (χ4n) is 3.35. The van der Waals surface area contributed by atoms with Crippen LogP contribution in [0.1, 0.15) is 84.5 Å². The van der Waals surface area contributed by atoms with E-state index in [2.05, 4.69) is 13.8 Å². The van der Waals surface area contributed by atoms with Gasteiger partial charge in [0.25, 0.3) is 0 Å². The highest BCUT2D eigenvalue weighted by Crippen LogP contribution is 2.18. The molecule has 25 heavy (non-hydrogen) atoms. The number of hydrogen-bond donors (Lipinski definition) is 2. The summed E-state index contributed by atoms with van der Waals surface area (Å²) in [6.45, 7) is 4.91. The minimum absolute atomic E-state index is 0.264. The van der Waals surface area contributed by atoms with Crippen LogP contribution in [0.25, 0.3) is 0 Å². The minimum Gasteiger partial charge on any atom is -0.393 e. The van der Waals surface area contributed by atoms with Crippen molar-refractivity contribution >= 4 is 0 Å². The molecule has 3 atom stereocenters. The fourth-order valence-corrected chi connectivity index (χ4v) is 3.35. The third kappa shape index (κ3) is 11.3. The first-order chi connectivity index (χ1) is 12.1. The van der Waals surface area contributed by atoms with Crippen molar-refractivity contribution in [3.63, 3.8) is 0 Å². The standard InChI is InChI=1S/C22H40NO2/c1-3-4-5-6-7-8-9-10-12-15-20(2)22(25)18-21(24)19-23-16-13-11-14-17-23/h11,13-14,16-17,20-22,24-25H,3-10,12,15,18-19H2,1-2H3/q+1. The Labute approximate surface area is 155 Å².